The van der Waals surface area contributed by atoms with Gasteiger partial charge in [0, 0.05) is 31.2 Å². The fraction of sp³-hybridized carbons (Fsp3) is 0.333. The van der Waals surface area contributed by atoms with Crippen LogP contribution in [0.4, 0.5) is 5.69 Å². The number of non-ortho nitro benzene ring substituents is 1. The topological polar surface area (TPSA) is 150 Å². The Hall–Kier alpha value is -2.52. The molecule has 0 aromatic heterocycles. The molecule has 0 fully saturated rings. The Morgan fingerprint density at radius 3 is 2.57 bits per heavy atom. The first kappa shape index (κ1) is 16.5. The summed E-state index contributed by atoms with van der Waals surface area (Å²) in [4.78, 5) is 31.5. The highest BCUT2D eigenvalue weighted by atomic mass is 16.6. The molecule has 1 aromatic carbocycles. The number of rotatable bonds is 6. The summed E-state index contributed by atoms with van der Waals surface area (Å²) in [6, 6.07) is 1.70. The highest BCUT2D eigenvalue weighted by Gasteiger charge is 2.26. The van der Waals surface area contributed by atoms with Crippen LogP contribution in [0.5, 0.6) is 5.75 Å². The van der Waals surface area contributed by atoms with E-state index in [0.717, 1.165) is 12.1 Å². The van der Waals surface area contributed by atoms with E-state index in [9.17, 15) is 35.0 Å². The summed E-state index contributed by atoms with van der Waals surface area (Å²) in [5.41, 5.74) is -1.27. The predicted molar refractivity (Wildman–Crippen MR) is 69.8 cm³/mol. The molecule has 1 rings (SSSR count). The van der Waals surface area contributed by atoms with Crippen LogP contribution in [0.25, 0.3) is 0 Å². The number of nitrogens with zero attached hydrogens (tertiary/aromatic N) is 1. The summed E-state index contributed by atoms with van der Waals surface area (Å²) in [5, 5.41) is 42.4. The molecule has 9 nitrogen and oxygen atoms in total. The summed E-state index contributed by atoms with van der Waals surface area (Å²) >= 11 is 0. The van der Waals surface area contributed by atoms with Gasteiger partial charge in [0.05, 0.1) is 10.5 Å². The van der Waals surface area contributed by atoms with E-state index < -0.39 is 34.5 Å². The number of hydrogen-bond acceptors (Lipinski definition) is 7. The monoisotopic (exact) mass is 298 g/mol. The number of nitro benzene ring substituents is 1. The van der Waals surface area contributed by atoms with E-state index in [1.807, 2.05) is 0 Å². The van der Waals surface area contributed by atoms with Gasteiger partial charge in [-0.25, -0.2) is 0 Å². The Balaban J connectivity index is 3.15. The van der Waals surface area contributed by atoms with E-state index in [4.69, 9.17) is 0 Å². The third-order valence-corrected chi connectivity index (χ3v) is 2.73. The molecule has 0 aliphatic rings. The van der Waals surface area contributed by atoms with E-state index in [-0.39, 0.29) is 24.0 Å². The molecule has 1 amide bonds. The molecule has 1 aromatic rings. The molecule has 0 saturated heterocycles. The van der Waals surface area contributed by atoms with Crippen LogP contribution in [0.3, 0.4) is 0 Å². The minimum Gasteiger partial charge on any atom is -0.507 e. The zero-order valence-corrected chi connectivity index (χ0v) is 11.0. The molecule has 0 bridgehead atoms. The number of aliphatic hydroxyl groups excluding tert-OH is 2. The Morgan fingerprint density at radius 1 is 1.48 bits per heavy atom. The van der Waals surface area contributed by atoms with E-state index in [0.29, 0.717) is 0 Å². The molecule has 0 spiro atoms. The molecule has 0 radical (unpaired) electrons. The van der Waals surface area contributed by atoms with Crippen molar-refractivity contribution in [3.63, 3.8) is 0 Å². The number of carbonyl (C=O) groups is 2. The number of aldehydes is 1. The van der Waals surface area contributed by atoms with Crippen molar-refractivity contribution in [2.24, 2.45) is 0 Å². The molecule has 0 saturated carbocycles. The molecular formula is C12H14N2O7. The van der Waals surface area contributed by atoms with Gasteiger partial charge < -0.3 is 20.6 Å². The van der Waals surface area contributed by atoms with Crippen LogP contribution in [-0.4, -0.2) is 45.1 Å². The van der Waals surface area contributed by atoms with Gasteiger partial charge in [0.25, 0.3) is 5.69 Å². The molecular weight excluding hydrogens is 284 g/mol. The fourth-order valence-electron chi connectivity index (χ4n) is 1.65. The number of benzene rings is 1. The Labute approximate surface area is 119 Å². The molecule has 2 atom stereocenters. The van der Waals surface area contributed by atoms with Crippen molar-refractivity contribution in [1.82, 2.24) is 5.32 Å². The number of nitrogens with one attached hydrogen (secondary N) is 1. The normalized spacial score (nSPS) is 13.3. The molecule has 21 heavy (non-hydrogen) atoms. The standard InChI is InChI=1S/C12H14N2O7/c1-6(16)13-4-10(17)12(19)9-3-8(14(20)21)2-7(5-15)11(9)18/h2-3,5,10,12,17-19H,4H2,1H3,(H,13,16). The summed E-state index contributed by atoms with van der Waals surface area (Å²) < 4.78 is 0. The second kappa shape index (κ2) is 6.77. The lowest BCUT2D eigenvalue weighted by Gasteiger charge is -2.19. The molecule has 0 heterocycles. The number of hydrogen-bond donors (Lipinski definition) is 4. The van der Waals surface area contributed by atoms with Crippen molar-refractivity contribution in [1.29, 1.82) is 0 Å². The van der Waals surface area contributed by atoms with Crippen LogP contribution in [-0.2, 0) is 4.79 Å². The number of phenolic OH excluding ortho intramolecular Hbond substituents is 1. The van der Waals surface area contributed by atoms with E-state index in [2.05, 4.69) is 5.32 Å². The first-order chi connectivity index (χ1) is 9.77. The van der Waals surface area contributed by atoms with Gasteiger partial charge in [0.15, 0.2) is 6.29 Å². The van der Waals surface area contributed by atoms with Crippen LogP contribution in [0.15, 0.2) is 12.1 Å². The van der Waals surface area contributed by atoms with Gasteiger partial charge in [-0.15, -0.1) is 0 Å². The molecule has 114 valence electrons. The summed E-state index contributed by atoms with van der Waals surface area (Å²) in [6.45, 7) is 0.878. The molecule has 4 N–H and O–H groups in total. The van der Waals surface area contributed by atoms with Gasteiger partial charge in [-0.05, 0) is 0 Å². The highest BCUT2D eigenvalue weighted by molar-refractivity contribution is 5.81. The molecule has 0 aliphatic carbocycles. The zero-order valence-electron chi connectivity index (χ0n) is 11.0. The van der Waals surface area contributed by atoms with Crippen molar-refractivity contribution in [2.45, 2.75) is 19.1 Å². The maximum absolute atomic E-state index is 10.8. The second-order valence-corrected chi connectivity index (χ2v) is 4.30. The maximum Gasteiger partial charge on any atom is 0.270 e. The van der Waals surface area contributed by atoms with Crippen LogP contribution in [0, 0.1) is 10.1 Å². The van der Waals surface area contributed by atoms with Crippen molar-refractivity contribution < 1.29 is 29.8 Å². The van der Waals surface area contributed by atoms with Crippen LogP contribution in [0.1, 0.15) is 28.9 Å². The third kappa shape index (κ3) is 3.97. The Kier molecular flexibility index (Phi) is 5.33. The smallest absolute Gasteiger partial charge is 0.270 e. The Bertz CT molecular complexity index is 573. The number of aromatic hydroxyl groups is 1. The minimum absolute atomic E-state index is 0.193. The number of amides is 1. The lowest BCUT2D eigenvalue weighted by atomic mass is 9.99. The molecule has 2 unspecified atom stereocenters. The van der Waals surface area contributed by atoms with Crippen LogP contribution < -0.4 is 5.32 Å². The van der Waals surface area contributed by atoms with Crippen LogP contribution >= 0.6 is 0 Å². The van der Waals surface area contributed by atoms with Crippen molar-refractivity contribution >= 4 is 17.9 Å². The minimum atomic E-state index is -1.71. The lowest BCUT2D eigenvalue weighted by molar-refractivity contribution is -0.385. The third-order valence-electron chi connectivity index (χ3n) is 2.73. The molecule has 0 aliphatic heterocycles. The average Bonchev–Trinajstić information content (AvgIpc) is 2.43. The van der Waals surface area contributed by atoms with Crippen LogP contribution in [0.2, 0.25) is 0 Å². The van der Waals surface area contributed by atoms with E-state index in [1.165, 1.54) is 6.92 Å². The number of nitro groups is 1. The average molecular weight is 298 g/mol. The second-order valence-electron chi connectivity index (χ2n) is 4.30. The van der Waals surface area contributed by atoms with Crippen molar-refractivity contribution in [2.75, 3.05) is 6.54 Å². The summed E-state index contributed by atoms with van der Waals surface area (Å²) in [6.07, 6.45) is -3.03. The highest BCUT2D eigenvalue weighted by Crippen LogP contribution is 2.33. The predicted octanol–water partition coefficient (Wildman–Crippen LogP) is -0.357. The van der Waals surface area contributed by atoms with Crippen molar-refractivity contribution in [3.05, 3.63) is 33.4 Å². The van der Waals surface area contributed by atoms with Crippen molar-refractivity contribution in [3.8, 4) is 5.75 Å². The van der Waals surface area contributed by atoms with E-state index in [1.54, 1.807) is 0 Å². The zero-order chi connectivity index (χ0) is 16.2. The van der Waals surface area contributed by atoms with Gasteiger partial charge in [-0.3, -0.25) is 19.7 Å². The van der Waals surface area contributed by atoms with E-state index >= 15 is 0 Å². The number of aliphatic hydroxyl groups is 2. The van der Waals surface area contributed by atoms with Gasteiger partial charge in [-0.2, -0.15) is 0 Å². The molecule has 9 heteroatoms. The summed E-state index contributed by atoms with van der Waals surface area (Å²) in [5.74, 6) is -1.11. The van der Waals surface area contributed by atoms with Gasteiger partial charge in [0.2, 0.25) is 5.91 Å². The number of phenols is 1. The van der Waals surface area contributed by atoms with Gasteiger partial charge in [-0.1, -0.05) is 0 Å². The quantitative estimate of drug-likeness (QED) is 0.318. The largest absolute Gasteiger partial charge is 0.507 e. The van der Waals surface area contributed by atoms with Gasteiger partial charge >= 0.3 is 0 Å². The number of carbonyl (C=O) groups excluding carboxylic acids is 2. The fourth-order valence-corrected chi connectivity index (χ4v) is 1.65. The first-order valence-corrected chi connectivity index (χ1v) is 5.85. The SMILES string of the molecule is CC(=O)NCC(O)C(O)c1cc([N+](=O)[O-])cc(C=O)c1O. The summed E-state index contributed by atoms with van der Waals surface area (Å²) in [7, 11) is 0. The Morgan fingerprint density at radius 2 is 2.10 bits per heavy atom. The van der Waals surface area contributed by atoms with Gasteiger partial charge in [0.1, 0.15) is 18.0 Å². The maximum atomic E-state index is 10.8. The first-order valence-electron chi connectivity index (χ1n) is 5.85. The lowest BCUT2D eigenvalue weighted by Crippen LogP contribution is -2.34.